The minimum Gasteiger partial charge on any atom is -0.352 e. The molecular formula is C9H11BrN2. The van der Waals surface area contributed by atoms with Crippen molar-refractivity contribution in [3.8, 4) is 6.07 Å². The highest BCUT2D eigenvalue weighted by molar-refractivity contribution is 9.10. The Labute approximate surface area is 80.7 Å². The van der Waals surface area contributed by atoms with Crippen LogP contribution < -0.4 is 0 Å². The molecule has 64 valence electrons. The molecule has 1 N–H and O–H groups in total. The molecule has 1 aromatic heterocycles. The highest BCUT2D eigenvalue weighted by Crippen LogP contribution is 2.18. The van der Waals surface area contributed by atoms with Crippen LogP contribution in [0.1, 0.15) is 25.1 Å². The van der Waals surface area contributed by atoms with Gasteiger partial charge < -0.3 is 4.98 Å². The Morgan fingerprint density at radius 2 is 2.33 bits per heavy atom. The summed E-state index contributed by atoms with van der Waals surface area (Å²) in [4.78, 5) is 3.12. The second-order valence-electron chi connectivity index (χ2n) is 3.23. The van der Waals surface area contributed by atoms with Crippen LogP contribution in [-0.2, 0) is 6.42 Å². The van der Waals surface area contributed by atoms with Gasteiger partial charge in [0.2, 0.25) is 0 Å². The van der Waals surface area contributed by atoms with Crippen molar-refractivity contribution in [1.82, 2.24) is 4.98 Å². The molecule has 0 fully saturated rings. The van der Waals surface area contributed by atoms with Crippen LogP contribution in [0.15, 0.2) is 10.7 Å². The molecule has 1 heterocycles. The van der Waals surface area contributed by atoms with Gasteiger partial charge in [-0.15, -0.1) is 0 Å². The summed E-state index contributed by atoms with van der Waals surface area (Å²) in [6.45, 7) is 4.31. The molecule has 12 heavy (non-hydrogen) atoms. The minimum absolute atomic E-state index is 0.613. The number of hydrogen-bond donors (Lipinski definition) is 1. The first-order chi connectivity index (χ1) is 5.63. The van der Waals surface area contributed by atoms with Crippen molar-refractivity contribution in [3.63, 3.8) is 0 Å². The average Bonchev–Trinajstić information content (AvgIpc) is 2.29. The summed E-state index contributed by atoms with van der Waals surface area (Å²) in [6, 6.07) is 4.00. The Kier molecular flexibility index (Phi) is 2.93. The van der Waals surface area contributed by atoms with Crippen LogP contribution >= 0.6 is 15.9 Å². The van der Waals surface area contributed by atoms with Gasteiger partial charge in [-0.2, -0.15) is 5.26 Å². The van der Waals surface area contributed by atoms with Crippen LogP contribution in [0.3, 0.4) is 0 Å². The first-order valence-corrected chi connectivity index (χ1v) is 4.70. The Balaban J connectivity index is 2.84. The van der Waals surface area contributed by atoms with Gasteiger partial charge in [-0.3, -0.25) is 0 Å². The maximum atomic E-state index is 8.67. The summed E-state index contributed by atoms with van der Waals surface area (Å²) in [6.07, 6.45) is 0.986. The molecule has 0 saturated carbocycles. The predicted molar refractivity (Wildman–Crippen MR) is 51.7 cm³/mol. The lowest BCUT2D eigenvalue weighted by Gasteiger charge is -1.99. The number of nitrogens with zero attached hydrogens (tertiary/aromatic N) is 1. The summed E-state index contributed by atoms with van der Waals surface area (Å²) >= 11 is 3.29. The van der Waals surface area contributed by atoms with Crippen molar-refractivity contribution in [3.05, 3.63) is 21.9 Å². The van der Waals surface area contributed by atoms with Crippen LogP contribution in [0.25, 0.3) is 0 Å². The van der Waals surface area contributed by atoms with Crippen LogP contribution in [0, 0.1) is 17.2 Å². The lowest BCUT2D eigenvalue weighted by molar-refractivity contribution is 0.637. The quantitative estimate of drug-likeness (QED) is 0.828. The third-order valence-electron chi connectivity index (χ3n) is 1.57. The molecule has 0 saturated heterocycles. The normalized spacial score (nSPS) is 10.2. The third kappa shape index (κ3) is 2.12. The number of H-pyrrole nitrogens is 1. The van der Waals surface area contributed by atoms with Crippen molar-refractivity contribution in [1.29, 1.82) is 5.26 Å². The fourth-order valence-electron chi connectivity index (χ4n) is 1.11. The zero-order chi connectivity index (χ0) is 9.14. The topological polar surface area (TPSA) is 39.6 Å². The Morgan fingerprint density at radius 1 is 1.67 bits per heavy atom. The van der Waals surface area contributed by atoms with Crippen LogP contribution in [0.2, 0.25) is 0 Å². The van der Waals surface area contributed by atoms with E-state index in [9.17, 15) is 0 Å². The second-order valence-corrected chi connectivity index (χ2v) is 4.03. The lowest BCUT2D eigenvalue weighted by atomic mass is 10.1. The molecule has 0 radical (unpaired) electrons. The van der Waals surface area contributed by atoms with Crippen LogP contribution in [-0.4, -0.2) is 4.98 Å². The molecular weight excluding hydrogens is 216 g/mol. The van der Waals surface area contributed by atoms with Gasteiger partial charge >= 0.3 is 0 Å². The highest BCUT2D eigenvalue weighted by Gasteiger charge is 2.05. The second kappa shape index (κ2) is 3.77. The first-order valence-electron chi connectivity index (χ1n) is 3.91. The van der Waals surface area contributed by atoms with E-state index >= 15 is 0 Å². The first kappa shape index (κ1) is 9.34. The van der Waals surface area contributed by atoms with E-state index in [0.717, 1.165) is 16.7 Å². The molecule has 0 aliphatic carbocycles. The fraction of sp³-hybridized carbons (Fsp3) is 0.444. The number of halogens is 1. The maximum absolute atomic E-state index is 8.67. The minimum atomic E-state index is 0.613. The van der Waals surface area contributed by atoms with Crippen molar-refractivity contribution >= 4 is 15.9 Å². The molecule has 2 nitrogen and oxygen atoms in total. The van der Waals surface area contributed by atoms with Crippen molar-refractivity contribution in [2.45, 2.75) is 20.3 Å². The van der Waals surface area contributed by atoms with E-state index in [-0.39, 0.29) is 0 Å². The Hall–Kier alpha value is -0.750. The summed E-state index contributed by atoms with van der Waals surface area (Å²) < 4.78 is 0.792. The zero-order valence-electron chi connectivity index (χ0n) is 7.19. The molecule has 0 amide bonds. The third-order valence-corrected chi connectivity index (χ3v) is 2.20. The van der Waals surface area contributed by atoms with E-state index in [1.54, 1.807) is 0 Å². The van der Waals surface area contributed by atoms with Crippen molar-refractivity contribution in [2.24, 2.45) is 5.92 Å². The SMILES string of the molecule is CC(C)Cc1cc(C#N)c(Br)[nH]1. The number of aromatic amines is 1. The summed E-state index contributed by atoms with van der Waals surface area (Å²) in [5, 5.41) is 8.67. The van der Waals surface area contributed by atoms with E-state index in [1.165, 1.54) is 0 Å². The monoisotopic (exact) mass is 226 g/mol. The zero-order valence-corrected chi connectivity index (χ0v) is 8.77. The van der Waals surface area contributed by atoms with Gasteiger partial charge in [0.15, 0.2) is 0 Å². The number of nitriles is 1. The molecule has 0 atom stereocenters. The molecule has 0 spiro atoms. The largest absolute Gasteiger partial charge is 0.352 e. The van der Waals surface area contributed by atoms with Gasteiger partial charge in [-0.05, 0) is 34.3 Å². The Morgan fingerprint density at radius 3 is 2.75 bits per heavy atom. The molecule has 0 aliphatic rings. The van der Waals surface area contributed by atoms with Gasteiger partial charge in [-0.1, -0.05) is 13.8 Å². The number of nitrogens with one attached hydrogen (secondary N) is 1. The smallest absolute Gasteiger partial charge is 0.102 e. The number of rotatable bonds is 2. The van der Waals surface area contributed by atoms with Crippen LogP contribution in [0.4, 0.5) is 0 Å². The van der Waals surface area contributed by atoms with Gasteiger partial charge in [0.1, 0.15) is 10.7 Å². The van der Waals surface area contributed by atoms with E-state index in [1.807, 2.05) is 6.07 Å². The van der Waals surface area contributed by atoms with Gasteiger partial charge in [0.25, 0.3) is 0 Å². The standard InChI is InChI=1S/C9H11BrN2/c1-6(2)3-8-4-7(5-11)9(10)12-8/h4,6,12H,3H2,1-2H3. The van der Waals surface area contributed by atoms with E-state index < -0.39 is 0 Å². The van der Waals surface area contributed by atoms with Gasteiger partial charge in [0, 0.05) is 5.69 Å². The van der Waals surface area contributed by atoms with E-state index in [0.29, 0.717) is 11.5 Å². The van der Waals surface area contributed by atoms with Gasteiger partial charge in [0.05, 0.1) is 5.56 Å². The number of hydrogen-bond acceptors (Lipinski definition) is 1. The number of aromatic nitrogens is 1. The molecule has 1 rings (SSSR count). The molecule has 0 unspecified atom stereocenters. The van der Waals surface area contributed by atoms with E-state index in [4.69, 9.17) is 5.26 Å². The van der Waals surface area contributed by atoms with Crippen molar-refractivity contribution in [2.75, 3.05) is 0 Å². The highest BCUT2D eigenvalue weighted by atomic mass is 79.9. The summed E-state index contributed by atoms with van der Waals surface area (Å²) in [5.74, 6) is 0.613. The molecule has 0 aliphatic heterocycles. The van der Waals surface area contributed by atoms with Gasteiger partial charge in [-0.25, -0.2) is 0 Å². The maximum Gasteiger partial charge on any atom is 0.102 e. The molecule has 0 bridgehead atoms. The predicted octanol–water partition coefficient (Wildman–Crippen LogP) is 2.85. The Bertz CT molecular complexity index is 307. The fourth-order valence-corrected chi connectivity index (χ4v) is 1.57. The summed E-state index contributed by atoms with van der Waals surface area (Å²) in [7, 11) is 0. The summed E-state index contributed by atoms with van der Waals surface area (Å²) in [5.41, 5.74) is 1.80. The molecule has 1 aromatic rings. The average molecular weight is 227 g/mol. The lowest BCUT2D eigenvalue weighted by Crippen LogP contribution is -1.93. The van der Waals surface area contributed by atoms with E-state index in [2.05, 4.69) is 40.8 Å². The molecule has 0 aromatic carbocycles. The van der Waals surface area contributed by atoms with Crippen LogP contribution in [0.5, 0.6) is 0 Å². The van der Waals surface area contributed by atoms with Crippen molar-refractivity contribution < 1.29 is 0 Å². The molecule has 3 heteroatoms.